The highest BCUT2D eigenvalue weighted by Crippen LogP contribution is 2.42. The third kappa shape index (κ3) is 6.22. The van der Waals surface area contributed by atoms with Gasteiger partial charge in [0.1, 0.15) is 5.76 Å². The lowest BCUT2D eigenvalue weighted by atomic mass is 9.95. The molecule has 1 amide bonds. The van der Waals surface area contributed by atoms with Gasteiger partial charge in [-0.1, -0.05) is 50.2 Å². The zero-order chi connectivity index (χ0) is 25.5. The molecule has 0 aliphatic carbocycles. The zero-order valence-electron chi connectivity index (χ0n) is 21.3. The first-order chi connectivity index (χ1) is 16.7. The molecule has 1 heterocycles. The molecule has 1 fully saturated rings. The van der Waals surface area contributed by atoms with Crippen LogP contribution in [0.4, 0.5) is 0 Å². The van der Waals surface area contributed by atoms with Gasteiger partial charge in [0.2, 0.25) is 0 Å². The van der Waals surface area contributed by atoms with E-state index in [9.17, 15) is 14.7 Å². The number of amides is 1. The van der Waals surface area contributed by atoms with Gasteiger partial charge in [0, 0.05) is 18.7 Å². The molecule has 1 saturated heterocycles. The molecule has 3 rings (SSSR count). The first kappa shape index (κ1) is 26.3. The molecule has 1 aliphatic heterocycles. The van der Waals surface area contributed by atoms with E-state index in [0.29, 0.717) is 54.8 Å². The maximum absolute atomic E-state index is 13.2. The van der Waals surface area contributed by atoms with Crippen LogP contribution in [-0.2, 0) is 9.59 Å². The molecule has 1 aliphatic rings. The molecule has 0 spiro atoms. The van der Waals surface area contributed by atoms with Crippen molar-refractivity contribution in [2.24, 2.45) is 5.92 Å². The maximum Gasteiger partial charge on any atom is 0.295 e. The van der Waals surface area contributed by atoms with Crippen molar-refractivity contribution >= 4 is 17.4 Å². The van der Waals surface area contributed by atoms with E-state index in [4.69, 9.17) is 9.47 Å². The van der Waals surface area contributed by atoms with E-state index in [1.165, 1.54) is 4.90 Å². The fourth-order valence-corrected chi connectivity index (χ4v) is 4.00. The smallest absolute Gasteiger partial charge is 0.295 e. The van der Waals surface area contributed by atoms with Crippen LogP contribution in [0.15, 0.2) is 54.1 Å². The van der Waals surface area contributed by atoms with Gasteiger partial charge in [-0.3, -0.25) is 9.59 Å². The molecule has 0 radical (unpaired) electrons. The maximum atomic E-state index is 13.2. The van der Waals surface area contributed by atoms with Crippen LogP contribution < -0.4 is 9.47 Å². The number of likely N-dealkylation sites (N-methyl/N-ethyl adjacent to an activating group) is 1. The molecule has 2 aromatic carbocycles. The van der Waals surface area contributed by atoms with Crippen LogP contribution in [0.1, 0.15) is 44.4 Å². The Labute approximate surface area is 207 Å². The van der Waals surface area contributed by atoms with Gasteiger partial charge in [-0.15, -0.1) is 0 Å². The number of aliphatic hydroxyl groups excluding tert-OH is 1. The van der Waals surface area contributed by atoms with Crippen molar-refractivity contribution in [2.75, 3.05) is 40.4 Å². The van der Waals surface area contributed by atoms with Crippen molar-refractivity contribution in [2.45, 2.75) is 33.2 Å². The number of nitrogens with zero attached hydrogens (tertiary/aromatic N) is 2. The summed E-state index contributed by atoms with van der Waals surface area (Å²) in [5.41, 5.74) is 1.25. The lowest BCUT2D eigenvalue weighted by molar-refractivity contribution is -0.140. The zero-order valence-corrected chi connectivity index (χ0v) is 21.3. The lowest BCUT2D eigenvalue weighted by Gasteiger charge is -2.27. The molecule has 0 aromatic heterocycles. The molecule has 188 valence electrons. The normalized spacial score (nSPS) is 17.5. The molecule has 2 aromatic rings. The Bertz CT molecular complexity index is 1060. The summed E-state index contributed by atoms with van der Waals surface area (Å²) >= 11 is 0. The van der Waals surface area contributed by atoms with Gasteiger partial charge >= 0.3 is 0 Å². The molecular weight excluding hydrogens is 444 g/mol. The van der Waals surface area contributed by atoms with Gasteiger partial charge in [0.05, 0.1) is 24.8 Å². The summed E-state index contributed by atoms with van der Waals surface area (Å²) in [5, 5.41) is 11.1. The van der Waals surface area contributed by atoms with E-state index in [1.807, 2.05) is 50.2 Å². The minimum atomic E-state index is -0.737. The first-order valence-electron chi connectivity index (χ1n) is 12.1. The second-order valence-electron chi connectivity index (χ2n) is 9.33. The number of carbonyl (C=O) groups excluding carboxylic acids is 2. The largest absolute Gasteiger partial charge is 0.507 e. The van der Waals surface area contributed by atoms with Crippen LogP contribution in [0, 0.1) is 5.92 Å². The highest BCUT2D eigenvalue weighted by molar-refractivity contribution is 6.46. The molecule has 7 heteroatoms. The van der Waals surface area contributed by atoms with Gasteiger partial charge in [0.25, 0.3) is 11.7 Å². The fraction of sp³-hybridized carbons (Fsp3) is 0.429. The number of hydrogen-bond acceptors (Lipinski definition) is 6. The number of aliphatic hydroxyl groups is 1. The monoisotopic (exact) mass is 480 g/mol. The summed E-state index contributed by atoms with van der Waals surface area (Å²) in [4.78, 5) is 29.7. The number of likely N-dealkylation sites (tertiary alicyclic amines) is 1. The van der Waals surface area contributed by atoms with Crippen molar-refractivity contribution in [1.82, 2.24) is 9.80 Å². The van der Waals surface area contributed by atoms with E-state index >= 15 is 0 Å². The van der Waals surface area contributed by atoms with Crippen molar-refractivity contribution < 1.29 is 24.2 Å². The third-order valence-electron chi connectivity index (χ3n) is 5.91. The van der Waals surface area contributed by atoms with Crippen molar-refractivity contribution in [3.8, 4) is 11.5 Å². The Morgan fingerprint density at radius 1 is 1.06 bits per heavy atom. The third-order valence-corrected chi connectivity index (χ3v) is 5.91. The van der Waals surface area contributed by atoms with Gasteiger partial charge in [-0.2, -0.15) is 0 Å². The molecule has 1 N–H and O–H groups in total. The minimum absolute atomic E-state index is 0.0795. The fourth-order valence-electron chi connectivity index (χ4n) is 4.00. The number of ether oxygens (including phenoxy) is 2. The van der Waals surface area contributed by atoms with Crippen LogP contribution in [0.3, 0.4) is 0 Å². The van der Waals surface area contributed by atoms with Crippen molar-refractivity contribution in [3.63, 3.8) is 0 Å². The number of benzene rings is 2. The van der Waals surface area contributed by atoms with E-state index in [2.05, 4.69) is 13.8 Å². The van der Waals surface area contributed by atoms with E-state index in [-0.39, 0.29) is 11.3 Å². The Kier molecular flexibility index (Phi) is 8.93. The van der Waals surface area contributed by atoms with Gasteiger partial charge in [-0.25, -0.2) is 0 Å². The average Bonchev–Trinajstić information content (AvgIpc) is 3.08. The standard InChI is InChI=1S/C28H36N2O5/c1-6-34-23-18-21(12-13-22(23)35-17-14-19(2)3)25-24(26(31)20-10-8-7-9-11-20)27(32)28(33)30(25)16-15-29(4)5/h7-13,18-19,25,31H,6,14-17H2,1-5H3. The van der Waals surface area contributed by atoms with Crippen molar-refractivity contribution in [1.29, 1.82) is 0 Å². The average molecular weight is 481 g/mol. The molecule has 35 heavy (non-hydrogen) atoms. The van der Waals surface area contributed by atoms with Crippen LogP contribution in [-0.4, -0.2) is 67.0 Å². The number of Topliss-reactive ketones (excluding diaryl/α,β-unsaturated/α-hetero) is 1. The number of hydrogen-bond donors (Lipinski definition) is 1. The van der Waals surface area contributed by atoms with E-state index in [1.54, 1.807) is 24.3 Å². The molecule has 7 nitrogen and oxygen atoms in total. The Morgan fingerprint density at radius 3 is 2.40 bits per heavy atom. The Morgan fingerprint density at radius 2 is 1.77 bits per heavy atom. The predicted molar refractivity (Wildman–Crippen MR) is 137 cm³/mol. The predicted octanol–water partition coefficient (Wildman–Crippen LogP) is 4.49. The molecule has 0 bridgehead atoms. The SMILES string of the molecule is CCOc1cc(C2C(=C(O)c3ccccc3)C(=O)C(=O)N2CCN(C)C)ccc1OCCC(C)C. The van der Waals surface area contributed by atoms with Gasteiger partial charge in [-0.05, 0) is 51.1 Å². The Hall–Kier alpha value is -3.32. The highest BCUT2D eigenvalue weighted by Gasteiger charge is 2.46. The Balaban J connectivity index is 2.08. The summed E-state index contributed by atoms with van der Waals surface area (Å²) < 4.78 is 11.8. The lowest BCUT2D eigenvalue weighted by Crippen LogP contribution is -2.35. The number of carbonyl (C=O) groups is 2. The summed E-state index contributed by atoms with van der Waals surface area (Å²) in [5.74, 6) is 0.182. The second kappa shape index (κ2) is 11.9. The quantitative estimate of drug-likeness (QED) is 0.290. The summed E-state index contributed by atoms with van der Waals surface area (Å²) in [6, 6.07) is 13.6. The number of ketones is 1. The van der Waals surface area contributed by atoms with E-state index in [0.717, 1.165) is 6.42 Å². The second-order valence-corrected chi connectivity index (χ2v) is 9.33. The molecule has 0 saturated carbocycles. The highest BCUT2D eigenvalue weighted by atomic mass is 16.5. The molecule has 1 unspecified atom stereocenters. The van der Waals surface area contributed by atoms with Crippen LogP contribution in [0.5, 0.6) is 11.5 Å². The summed E-state index contributed by atoms with van der Waals surface area (Å²) in [6.07, 6.45) is 0.912. The minimum Gasteiger partial charge on any atom is -0.507 e. The summed E-state index contributed by atoms with van der Waals surface area (Å²) in [7, 11) is 3.82. The van der Waals surface area contributed by atoms with E-state index < -0.39 is 17.7 Å². The molecule has 1 atom stereocenters. The number of rotatable bonds is 11. The summed E-state index contributed by atoms with van der Waals surface area (Å²) in [6.45, 7) is 8.08. The molecular formula is C28H36N2O5. The van der Waals surface area contributed by atoms with Gasteiger partial charge < -0.3 is 24.4 Å². The van der Waals surface area contributed by atoms with Crippen molar-refractivity contribution in [3.05, 3.63) is 65.2 Å². The topological polar surface area (TPSA) is 79.3 Å². The van der Waals surface area contributed by atoms with Crippen LogP contribution in [0.2, 0.25) is 0 Å². The van der Waals surface area contributed by atoms with Crippen LogP contribution >= 0.6 is 0 Å². The van der Waals surface area contributed by atoms with Gasteiger partial charge in [0.15, 0.2) is 11.5 Å². The first-order valence-corrected chi connectivity index (χ1v) is 12.1. The van der Waals surface area contributed by atoms with Crippen LogP contribution in [0.25, 0.3) is 5.76 Å².